The van der Waals surface area contributed by atoms with Crippen molar-refractivity contribution in [2.45, 2.75) is 6.10 Å². The lowest BCUT2D eigenvalue weighted by Gasteiger charge is -2.28. The summed E-state index contributed by atoms with van der Waals surface area (Å²) in [6.45, 7) is 2.16. The number of carbonyl (C=O) groups excluding carboxylic acids is 1. The van der Waals surface area contributed by atoms with Gasteiger partial charge in [-0.2, -0.15) is 0 Å². The van der Waals surface area contributed by atoms with E-state index in [9.17, 15) is 4.79 Å². The molecule has 2 rings (SSSR count). The average Bonchev–Trinajstić information content (AvgIpc) is 2.69. The van der Waals surface area contributed by atoms with Crippen LogP contribution in [0.5, 0.6) is 0 Å². The Bertz CT molecular complexity index is 307. The van der Waals surface area contributed by atoms with Crippen LogP contribution in [0.3, 0.4) is 0 Å². The molecular formula is C10H13NO3. The van der Waals surface area contributed by atoms with Gasteiger partial charge < -0.3 is 14.1 Å². The molecule has 1 aliphatic rings. The van der Waals surface area contributed by atoms with E-state index in [1.807, 2.05) is 7.05 Å². The number of furan rings is 1. The van der Waals surface area contributed by atoms with Crippen LogP contribution in [0.15, 0.2) is 23.0 Å². The van der Waals surface area contributed by atoms with Gasteiger partial charge in [-0.15, -0.1) is 0 Å². The van der Waals surface area contributed by atoms with Crippen molar-refractivity contribution in [3.05, 3.63) is 24.2 Å². The first kappa shape index (κ1) is 9.43. The second kappa shape index (κ2) is 3.94. The smallest absolute Gasteiger partial charge is 0.196 e. The molecule has 14 heavy (non-hydrogen) atoms. The number of ether oxygens (including phenoxy) is 1. The maximum Gasteiger partial charge on any atom is 0.196 e. The van der Waals surface area contributed by atoms with E-state index in [1.165, 1.54) is 12.5 Å². The monoisotopic (exact) mass is 195 g/mol. The highest BCUT2D eigenvalue weighted by molar-refractivity contribution is 5.99. The fourth-order valence-electron chi connectivity index (χ4n) is 1.53. The van der Waals surface area contributed by atoms with Crippen molar-refractivity contribution in [2.24, 2.45) is 0 Å². The summed E-state index contributed by atoms with van der Waals surface area (Å²) in [7, 11) is 1.98. The highest BCUT2D eigenvalue weighted by Crippen LogP contribution is 2.11. The van der Waals surface area contributed by atoms with Gasteiger partial charge in [-0.3, -0.25) is 4.79 Å². The molecule has 0 radical (unpaired) electrons. The zero-order valence-electron chi connectivity index (χ0n) is 8.10. The third kappa shape index (κ3) is 1.86. The molecule has 4 nitrogen and oxygen atoms in total. The minimum Gasteiger partial charge on any atom is -0.472 e. The lowest BCUT2D eigenvalue weighted by atomic mass is 10.1. The largest absolute Gasteiger partial charge is 0.472 e. The van der Waals surface area contributed by atoms with E-state index in [0.717, 1.165) is 6.54 Å². The lowest BCUT2D eigenvalue weighted by Crippen LogP contribution is -2.44. The third-order valence-electron chi connectivity index (χ3n) is 2.37. The lowest BCUT2D eigenvalue weighted by molar-refractivity contribution is -0.00865. The highest BCUT2D eigenvalue weighted by Gasteiger charge is 2.26. The number of morpholine rings is 1. The standard InChI is InChI=1S/C10H13NO3/c1-11-3-5-14-9(6-11)10(12)8-2-4-13-7-8/h2,4,7,9H,3,5-6H2,1H3. The summed E-state index contributed by atoms with van der Waals surface area (Å²) in [5.41, 5.74) is 0.588. The van der Waals surface area contributed by atoms with Crippen LogP contribution in [0.25, 0.3) is 0 Å². The quantitative estimate of drug-likeness (QED) is 0.654. The van der Waals surface area contributed by atoms with Crippen molar-refractivity contribution in [2.75, 3.05) is 26.7 Å². The third-order valence-corrected chi connectivity index (χ3v) is 2.37. The average molecular weight is 195 g/mol. The Kier molecular flexibility index (Phi) is 2.65. The van der Waals surface area contributed by atoms with Gasteiger partial charge in [0.1, 0.15) is 12.4 Å². The predicted molar refractivity (Wildman–Crippen MR) is 50.3 cm³/mol. The van der Waals surface area contributed by atoms with Gasteiger partial charge in [-0.05, 0) is 13.1 Å². The number of hydrogen-bond acceptors (Lipinski definition) is 4. The molecule has 0 bridgehead atoms. The molecule has 0 N–H and O–H groups in total. The fourth-order valence-corrected chi connectivity index (χ4v) is 1.53. The topological polar surface area (TPSA) is 42.7 Å². The minimum atomic E-state index is -0.341. The van der Waals surface area contributed by atoms with E-state index in [-0.39, 0.29) is 11.9 Å². The number of carbonyl (C=O) groups is 1. The normalized spacial score (nSPS) is 23.6. The van der Waals surface area contributed by atoms with Crippen LogP contribution in [0, 0.1) is 0 Å². The van der Waals surface area contributed by atoms with Crippen LogP contribution in [0.2, 0.25) is 0 Å². The summed E-state index contributed by atoms with van der Waals surface area (Å²) in [5.74, 6) is 0.00491. The first-order valence-corrected chi connectivity index (χ1v) is 4.64. The van der Waals surface area contributed by atoms with Crippen molar-refractivity contribution in [3.8, 4) is 0 Å². The van der Waals surface area contributed by atoms with Crippen molar-refractivity contribution in [1.82, 2.24) is 4.90 Å². The molecule has 0 saturated carbocycles. The van der Waals surface area contributed by atoms with Crippen LogP contribution in [-0.2, 0) is 4.74 Å². The Morgan fingerprint density at radius 3 is 3.14 bits per heavy atom. The van der Waals surface area contributed by atoms with Gasteiger partial charge >= 0.3 is 0 Å². The van der Waals surface area contributed by atoms with Crippen LogP contribution in [0.1, 0.15) is 10.4 Å². The van der Waals surface area contributed by atoms with Crippen LogP contribution in [-0.4, -0.2) is 43.5 Å². The van der Waals surface area contributed by atoms with Gasteiger partial charge in [-0.1, -0.05) is 0 Å². The van der Waals surface area contributed by atoms with Crippen LogP contribution < -0.4 is 0 Å². The second-order valence-electron chi connectivity index (χ2n) is 3.50. The van der Waals surface area contributed by atoms with E-state index in [1.54, 1.807) is 6.07 Å². The summed E-state index contributed by atoms with van der Waals surface area (Å²) < 4.78 is 10.3. The first-order chi connectivity index (χ1) is 6.77. The maximum atomic E-state index is 11.8. The van der Waals surface area contributed by atoms with Crippen molar-refractivity contribution in [3.63, 3.8) is 0 Å². The molecule has 0 aliphatic carbocycles. The van der Waals surface area contributed by atoms with E-state index in [0.29, 0.717) is 18.7 Å². The second-order valence-corrected chi connectivity index (χ2v) is 3.50. The Balaban J connectivity index is 2.04. The molecule has 1 unspecified atom stereocenters. The molecule has 76 valence electrons. The molecule has 1 aromatic rings. The van der Waals surface area contributed by atoms with E-state index < -0.39 is 0 Å². The molecule has 1 aromatic heterocycles. The Hall–Kier alpha value is -1.13. The molecule has 4 heteroatoms. The summed E-state index contributed by atoms with van der Waals surface area (Å²) in [5, 5.41) is 0. The fraction of sp³-hybridized carbons (Fsp3) is 0.500. The summed E-state index contributed by atoms with van der Waals surface area (Å²) in [6.07, 6.45) is 2.62. The molecule has 1 fully saturated rings. The van der Waals surface area contributed by atoms with E-state index in [2.05, 4.69) is 4.90 Å². The van der Waals surface area contributed by atoms with Crippen molar-refractivity contribution >= 4 is 5.78 Å². The SMILES string of the molecule is CN1CCOC(C(=O)c2ccoc2)C1. The van der Waals surface area contributed by atoms with Gasteiger partial charge in [0.25, 0.3) is 0 Å². The summed E-state index contributed by atoms with van der Waals surface area (Å²) in [4.78, 5) is 13.9. The van der Waals surface area contributed by atoms with Crippen molar-refractivity contribution in [1.29, 1.82) is 0 Å². The zero-order chi connectivity index (χ0) is 9.97. The Morgan fingerprint density at radius 2 is 2.50 bits per heavy atom. The number of Topliss-reactive ketones (excluding diaryl/α,β-unsaturated/α-hetero) is 1. The first-order valence-electron chi connectivity index (χ1n) is 4.64. The number of rotatable bonds is 2. The van der Waals surface area contributed by atoms with Gasteiger partial charge in [0, 0.05) is 13.1 Å². The van der Waals surface area contributed by atoms with Crippen molar-refractivity contribution < 1.29 is 13.9 Å². The molecule has 2 heterocycles. The number of nitrogens with zero attached hydrogens (tertiary/aromatic N) is 1. The summed E-state index contributed by atoms with van der Waals surface area (Å²) in [6, 6.07) is 1.67. The molecule has 0 aromatic carbocycles. The van der Waals surface area contributed by atoms with E-state index >= 15 is 0 Å². The molecular weight excluding hydrogens is 182 g/mol. The van der Waals surface area contributed by atoms with Crippen LogP contribution >= 0.6 is 0 Å². The highest BCUT2D eigenvalue weighted by atomic mass is 16.5. The van der Waals surface area contributed by atoms with Gasteiger partial charge in [0.05, 0.1) is 18.4 Å². The minimum absolute atomic E-state index is 0.00491. The Morgan fingerprint density at radius 1 is 1.64 bits per heavy atom. The predicted octanol–water partition coefficient (Wildman–Crippen LogP) is 0.793. The number of likely N-dealkylation sites (N-methyl/N-ethyl adjacent to an activating group) is 1. The molecule has 1 atom stereocenters. The van der Waals surface area contributed by atoms with Gasteiger partial charge in [0.2, 0.25) is 0 Å². The van der Waals surface area contributed by atoms with Gasteiger partial charge in [0.15, 0.2) is 5.78 Å². The summed E-state index contributed by atoms with van der Waals surface area (Å²) >= 11 is 0. The van der Waals surface area contributed by atoms with E-state index in [4.69, 9.17) is 9.15 Å². The molecule has 1 saturated heterocycles. The number of ketones is 1. The zero-order valence-corrected chi connectivity index (χ0v) is 8.10. The molecule has 0 amide bonds. The number of hydrogen-bond donors (Lipinski definition) is 0. The van der Waals surface area contributed by atoms with Crippen LogP contribution in [0.4, 0.5) is 0 Å². The van der Waals surface area contributed by atoms with Gasteiger partial charge in [-0.25, -0.2) is 0 Å². The molecule has 0 spiro atoms. The molecule has 1 aliphatic heterocycles. The Labute approximate surface area is 82.4 Å². The maximum absolute atomic E-state index is 11.8.